The molecule has 0 aliphatic heterocycles. The summed E-state index contributed by atoms with van der Waals surface area (Å²) in [5.41, 5.74) is 4.16. The molecule has 0 radical (unpaired) electrons. The molecule has 1 heterocycles. The maximum atomic E-state index is 12.4. The van der Waals surface area contributed by atoms with Gasteiger partial charge in [-0.2, -0.15) is 0 Å². The van der Waals surface area contributed by atoms with E-state index >= 15 is 0 Å². The minimum Gasteiger partial charge on any atom is -0.489 e. The molecular formula is C21H23N3O3. The van der Waals surface area contributed by atoms with Gasteiger partial charge in [-0.1, -0.05) is 5.16 Å². The summed E-state index contributed by atoms with van der Waals surface area (Å²) in [5, 5.41) is 6.80. The van der Waals surface area contributed by atoms with Crippen LogP contribution in [-0.4, -0.2) is 25.2 Å². The Morgan fingerprint density at radius 2 is 1.74 bits per heavy atom. The van der Waals surface area contributed by atoms with E-state index in [1.807, 2.05) is 57.1 Å². The number of carbonyl (C=O) groups excluding carboxylic acids is 1. The Bertz CT molecular complexity index is 893. The van der Waals surface area contributed by atoms with E-state index in [1.165, 1.54) is 0 Å². The molecule has 1 amide bonds. The molecule has 0 spiro atoms. The van der Waals surface area contributed by atoms with Crippen LogP contribution >= 0.6 is 0 Å². The van der Waals surface area contributed by atoms with E-state index in [0.717, 1.165) is 28.4 Å². The molecule has 3 aromatic rings. The average Bonchev–Trinajstić information content (AvgIpc) is 2.98. The van der Waals surface area contributed by atoms with E-state index < -0.39 is 0 Å². The van der Waals surface area contributed by atoms with Crippen molar-refractivity contribution in [3.63, 3.8) is 0 Å². The third-order valence-corrected chi connectivity index (χ3v) is 4.32. The van der Waals surface area contributed by atoms with Crippen LogP contribution in [0.5, 0.6) is 5.75 Å². The van der Waals surface area contributed by atoms with Crippen molar-refractivity contribution in [2.24, 2.45) is 0 Å². The quantitative estimate of drug-likeness (QED) is 0.709. The fraction of sp³-hybridized carbons (Fsp3) is 0.238. The van der Waals surface area contributed by atoms with E-state index in [0.29, 0.717) is 17.9 Å². The van der Waals surface area contributed by atoms with Crippen molar-refractivity contribution in [1.82, 2.24) is 5.16 Å². The Balaban J connectivity index is 1.60. The highest BCUT2D eigenvalue weighted by Gasteiger charge is 2.10. The van der Waals surface area contributed by atoms with Crippen LogP contribution in [0.25, 0.3) is 0 Å². The highest BCUT2D eigenvalue weighted by atomic mass is 16.5. The van der Waals surface area contributed by atoms with Crippen molar-refractivity contribution in [2.45, 2.75) is 20.5 Å². The highest BCUT2D eigenvalue weighted by Crippen LogP contribution is 2.19. The van der Waals surface area contributed by atoms with Crippen LogP contribution in [0.3, 0.4) is 0 Å². The number of aryl methyl sites for hydroxylation is 2. The second kappa shape index (κ2) is 7.95. The Hall–Kier alpha value is -3.28. The Morgan fingerprint density at radius 3 is 2.30 bits per heavy atom. The fourth-order valence-corrected chi connectivity index (χ4v) is 2.61. The van der Waals surface area contributed by atoms with Crippen molar-refractivity contribution < 1.29 is 14.1 Å². The van der Waals surface area contributed by atoms with Crippen LogP contribution in [0.2, 0.25) is 0 Å². The van der Waals surface area contributed by atoms with E-state index in [4.69, 9.17) is 9.26 Å². The first-order valence-corrected chi connectivity index (χ1v) is 8.67. The van der Waals surface area contributed by atoms with Crippen LogP contribution in [0.1, 0.15) is 27.4 Å². The lowest BCUT2D eigenvalue weighted by molar-refractivity contribution is 0.102. The average molecular weight is 365 g/mol. The van der Waals surface area contributed by atoms with Crippen molar-refractivity contribution in [3.8, 4) is 5.75 Å². The first-order valence-electron chi connectivity index (χ1n) is 8.67. The van der Waals surface area contributed by atoms with Crippen LogP contribution < -0.4 is 15.0 Å². The molecule has 0 atom stereocenters. The number of carbonyl (C=O) groups is 1. The largest absolute Gasteiger partial charge is 0.489 e. The van der Waals surface area contributed by atoms with Crippen molar-refractivity contribution >= 4 is 17.3 Å². The molecule has 0 saturated carbocycles. The van der Waals surface area contributed by atoms with Gasteiger partial charge in [0.2, 0.25) is 0 Å². The molecule has 3 rings (SSSR count). The zero-order valence-corrected chi connectivity index (χ0v) is 15.9. The minimum atomic E-state index is -0.162. The zero-order valence-electron chi connectivity index (χ0n) is 15.9. The summed E-state index contributed by atoms with van der Waals surface area (Å²) in [7, 11) is 3.95. The predicted molar refractivity (Wildman–Crippen MR) is 105 cm³/mol. The van der Waals surface area contributed by atoms with Gasteiger partial charge in [0.15, 0.2) is 0 Å². The van der Waals surface area contributed by atoms with E-state index in [9.17, 15) is 4.79 Å². The Kier molecular flexibility index (Phi) is 5.45. The molecule has 0 unspecified atom stereocenters. The molecule has 2 aromatic carbocycles. The maximum Gasteiger partial charge on any atom is 0.255 e. The van der Waals surface area contributed by atoms with Gasteiger partial charge in [-0.05, 0) is 62.4 Å². The Morgan fingerprint density at radius 1 is 1.07 bits per heavy atom. The number of amides is 1. The van der Waals surface area contributed by atoms with Crippen molar-refractivity contribution in [3.05, 3.63) is 71.1 Å². The van der Waals surface area contributed by atoms with E-state index in [2.05, 4.69) is 10.5 Å². The molecule has 6 heteroatoms. The normalized spacial score (nSPS) is 10.5. The van der Waals surface area contributed by atoms with Gasteiger partial charge in [0.25, 0.3) is 5.91 Å². The number of aromatic nitrogens is 1. The fourth-order valence-electron chi connectivity index (χ4n) is 2.61. The molecule has 0 fully saturated rings. The summed E-state index contributed by atoms with van der Waals surface area (Å²) in [6.07, 6.45) is 0. The molecule has 27 heavy (non-hydrogen) atoms. The summed E-state index contributed by atoms with van der Waals surface area (Å²) in [5.74, 6) is 1.27. The first-order chi connectivity index (χ1) is 12.9. The van der Waals surface area contributed by atoms with Gasteiger partial charge >= 0.3 is 0 Å². The monoisotopic (exact) mass is 365 g/mol. The van der Waals surface area contributed by atoms with Gasteiger partial charge in [-0.25, -0.2) is 0 Å². The number of hydrogen-bond donors (Lipinski definition) is 1. The summed E-state index contributed by atoms with van der Waals surface area (Å²) in [6, 6.07) is 14.7. The van der Waals surface area contributed by atoms with E-state index in [1.54, 1.807) is 24.3 Å². The summed E-state index contributed by atoms with van der Waals surface area (Å²) in [6.45, 7) is 4.12. The number of hydrogen-bond acceptors (Lipinski definition) is 5. The molecule has 0 aliphatic carbocycles. The van der Waals surface area contributed by atoms with Crippen LogP contribution in [-0.2, 0) is 6.61 Å². The molecule has 0 bridgehead atoms. The number of anilines is 2. The van der Waals surface area contributed by atoms with Gasteiger partial charge < -0.3 is 19.5 Å². The third kappa shape index (κ3) is 4.47. The Labute approximate surface area is 158 Å². The summed E-state index contributed by atoms with van der Waals surface area (Å²) in [4.78, 5) is 14.4. The predicted octanol–water partition coefficient (Wildman–Crippen LogP) is 4.19. The molecular weight excluding hydrogens is 342 g/mol. The standard InChI is InChI=1S/C21H23N3O3/c1-14-20(15(2)27-23-14)13-26-19-11-5-16(6-12-19)21(25)22-17-7-9-18(10-8-17)24(3)4/h5-12H,13H2,1-4H3,(H,22,25). The number of nitrogens with zero attached hydrogens (tertiary/aromatic N) is 2. The third-order valence-electron chi connectivity index (χ3n) is 4.32. The SMILES string of the molecule is Cc1noc(C)c1COc1ccc(C(=O)Nc2ccc(N(C)C)cc2)cc1. The van der Waals surface area contributed by atoms with Gasteiger partial charge in [-0.3, -0.25) is 4.79 Å². The number of ether oxygens (including phenoxy) is 1. The maximum absolute atomic E-state index is 12.4. The van der Waals surface area contributed by atoms with Crippen LogP contribution in [0.4, 0.5) is 11.4 Å². The van der Waals surface area contributed by atoms with Gasteiger partial charge in [0.05, 0.1) is 11.3 Å². The zero-order chi connectivity index (χ0) is 19.4. The first kappa shape index (κ1) is 18.5. The topological polar surface area (TPSA) is 67.6 Å². The highest BCUT2D eigenvalue weighted by molar-refractivity contribution is 6.04. The molecule has 1 aromatic heterocycles. The number of rotatable bonds is 6. The van der Waals surface area contributed by atoms with Gasteiger partial charge in [0, 0.05) is 31.0 Å². The molecule has 140 valence electrons. The lowest BCUT2D eigenvalue weighted by atomic mass is 10.2. The second-order valence-electron chi connectivity index (χ2n) is 6.51. The van der Waals surface area contributed by atoms with Crippen LogP contribution in [0, 0.1) is 13.8 Å². The second-order valence-corrected chi connectivity index (χ2v) is 6.51. The number of benzene rings is 2. The van der Waals surface area contributed by atoms with E-state index in [-0.39, 0.29) is 5.91 Å². The number of nitrogens with one attached hydrogen (secondary N) is 1. The lowest BCUT2D eigenvalue weighted by Gasteiger charge is -2.13. The molecule has 0 aliphatic rings. The van der Waals surface area contributed by atoms with Gasteiger partial charge in [-0.15, -0.1) is 0 Å². The smallest absolute Gasteiger partial charge is 0.255 e. The summed E-state index contributed by atoms with van der Waals surface area (Å²) >= 11 is 0. The van der Waals surface area contributed by atoms with Crippen molar-refractivity contribution in [1.29, 1.82) is 0 Å². The van der Waals surface area contributed by atoms with Crippen LogP contribution in [0.15, 0.2) is 53.1 Å². The molecule has 1 N–H and O–H groups in total. The molecule has 6 nitrogen and oxygen atoms in total. The lowest BCUT2D eigenvalue weighted by Crippen LogP contribution is -2.12. The minimum absolute atomic E-state index is 0.162. The van der Waals surface area contributed by atoms with Crippen molar-refractivity contribution in [2.75, 3.05) is 24.3 Å². The molecule has 0 saturated heterocycles. The van der Waals surface area contributed by atoms with Gasteiger partial charge in [0.1, 0.15) is 18.1 Å². The summed E-state index contributed by atoms with van der Waals surface area (Å²) < 4.78 is 10.9.